The lowest BCUT2D eigenvalue weighted by Gasteiger charge is -2.36. The van der Waals surface area contributed by atoms with Crippen LogP contribution in [0.25, 0.3) is 5.57 Å². The van der Waals surface area contributed by atoms with E-state index in [1.807, 2.05) is 6.92 Å². The number of ether oxygens (including phenoxy) is 1. The molecule has 226 valence electrons. The van der Waals surface area contributed by atoms with Crippen molar-refractivity contribution < 1.29 is 44.8 Å². The van der Waals surface area contributed by atoms with Gasteiger partial charge < -0.3 is 14.2 Å². The van der Waals surface area contributed by atoms with E-state index in [1.165, 1.54) is 42.2 Å². The van der Waals surface area contributed by atoms with Crippen molar-refractivity contribution in [3.05, 3.63) is 88.3 Å². The first-order chi connectivity index (χ1) is 19.6. The highest BCUT2D eigenvalue weighted by molar-refractivity contribution is 5.96. The highest BCUT2D eigenvalue weighted by atomic mass is 19.4. The van der Waals surface area contributed by atoms with Gasteiger partial charge >= 0.3 is 12.4 Å². The molecular weight excluding hydrogens is 571 g/mol. The summed E-state index contributed by atoms with van der Waals surface area (Å²) in [5, 5.41) is 3.85. The van der Waals surface area contributed by atoms with Crippen LogP contribution in [-0.4, -0.2) is 39.6 Å². The Hall–Kier alpha value is -3.74. The summed E-state index contributed by atoms with van der Waals surface area (Å²) in [5.41, 5.74) is -2.10. The third-order valence-corrected chi connectivity index (χ3v) is 6.94. The number of hydrogen-bond acceptors (Lipinski definition) is 5. The van der Waals surface area contributed by atoms with E-state index >= 15 is 0 Å². The first kappa shape index (κ1) is 31.2. The quantitative estimate of drug-likeness (QED) is 0.244. The van der Waals surface area contributed by atoms with Gasteiger partial charge in [-0.1, -0.05) is 24.2 Å². The van der Waals surface area contributed by atoms with Crippen LogP contribution in [-0.2, 0) is 34.7 Å². The van der Waals surface area contributed by atoms with Gasteiger partial charge in [0.25, 0.3) is 5.89 Å². The number of halogens is 7. The summed E-state index contributed by atoms with van der Waals surface area (Å²) in [7, 11) is 0. The predicted molar refractivity (Wildman–Crippen MR) is 137 cm³/mol. The van der Waals surface area contributed by atoms with E-state index in [0.29, 0.717) is 41.9 Å². The molecule has 1 amide bonds. The first-order valence-electron chi connectivity index (χ1n) is 13.2. The molecule has 2 aromatic carbocycles. The largest absolute Gasteiger partial charge is 0.416 e. The molecule has 2 heterocycles. The molecule has 3 aromatic rings. The number of alkyl halides is 6. The van der Waals surface area contributed by atoms with Crippen molar-refractivity contribution in [2.75, 3.05) is 6.54 Å². The third kappa shape index (κ3) is 7.55. The van der Waals surface area contributed by atoms with Crippen LogP contribution in [0, 0.1) is 5.82 Å². The molecule has 0 bridgehead atoms. The van der Waals surface area contributed by atoms with Gasteiger partial charge in [0.15, 0.2) is 5.82 Å². The van der Waals surface area contributed by atoms with Crippen molar-refractivity contribution in [3.8, 4) is 0 Å². The topological polar surface area (TPSA) is 68.5 Å². The van der Waals surface area contributed by atoms with E-state index in [2.05, 4.69) is 10.1 Å². The lowest BCUT2D eigenvalue weighted by Crippen LogP contribution is -2.46. The van der Waals surface area contributed by atoms with Crippen LogP contribution >= 0.6 is 0 Å². The van der Waals surface area contributed by atoms with Gasteiger partial charge in [0.1, 0.15) is 5.82 Å². The molecule has 42 heavy (non-hydrogen) atoms. The monoisotopic (exact) mass is 599 g/mol. The second-order valence-electron chi connectivity index (χ2n) is 10.2. The standard InChI is InChI=1S/C29H28F7N3O3/c1-4-25-37-27(42-38-25)20-9-16(2)39(26(40)13-20)15-24(10-18-5-7-23(30)8-6-18)41-17(3)19-11-21(28(31,32)33)14-22(12-19)29(34,35)36/h5-8,11-14,16-17,24H,4,9-10,15H2,1-3H3/t16?,17-,24-/m1/s1. The number of benzene rings is 2. The fraction of sp³-hybridized carbons (Fsp3) is 0.414. The minimum atomic E-state index is -5.01. The third-order valence-electron chi connectivity index (χ3n) is 6.94. The molecule has 0 aliphatic carbocycles. The van der Waals surface area contributed by atoms with Crippen molar-refractivity contribution >= 4 is 11.5 Å². The van der Waals surface area contributed by atoms with E-state index in [1.54, 1.807) is 6.92 Å². The molecule has 0 fully saturated rings. The van der Waals surface area contributed by atoms with Crippen LogP contribution < -0.4 is 0 Å². The van der Waals surface area contributed by atoms with Crippen molar-refractivity contribution in [3.63, 3.8) is 0 Å². The molecule has 0 N–H and O–H groups in total. The molecule has 1 aliphatic rings. The van der Waals surface area contributed by atoms with Crippen LogP contribution in [0.5, 0.6) is 0 Å². The zero-order valence-electron chi connectivity index (χ0n) is 22.9. The predicted octanol–water partition coefficient (Wildman–Crippen LogP) is 7.20. The summed E-state index contributed by atoms with van der Waals surface area (Å²) < 4.78 is 106. The zero-order valence-corrected chi connectivity index (χ0v) is 22.9. The average Bonchev–Trinajstić information content (AvgIpc) is 3.40. The Morgan fingerprint density at radius 1 is 1.05 bits per heavy atom. The molecular formula is C29H28F7N3O3. The van der Waals surface area contributed by atoms with Crippen molar-refractivity contribution in [1.29, 1.82) is 0 Å². The highest BCUT2D eigenvalue weighted by Crippen LogP contribution is 2.38. The molecule has 0 saturated carbocycles. The van der Waals surface area contributed by atoms with Gasteiger partial charge in [0.05, 0.1) is 23.3 Å². The van der Waals surface area contributed by atoms with Gasteiger partial charge in [-0.2, -0.15) is 31.3 Å². The number of nitrogens with zero attached hydrogens (tertiary/aromatic N) is 3. The Balaban J connectivity index is 1.61. The number of carbonyl (C=O) groups is 1. The average molecular weight is 600 g/mol. The van der Waals surface area contributed by atoms with Crippen molar-refractivity contribution in [1.82, 2.24) is 15.0 Å². The maximum Gasteiger partial charge on any atom is 0.416 e. The number of rotatable bonds is 9. The number of hydrogen-bond donors (Lipinski definition) is 0. The van der Waals surface area contributed by atoms with Crippen LogP contribution in [0.2, 0.25) is 0 Å². The molecule has 0 saturated heterocycles. The Morgan fingerprint density at radius 3 is 2.19 bits per heavy atom. The van der Waals surface area contributed by atoms with E-state index < -0.39 is 47.4 Å². The number of aromatic nitrogens is 2. The Bertz CT molecular complexity index is 1400. The van der Waals surface area contributed by atoms with E-state index in [4.69, 9.17) is 9.26 Å². The molecule has 1 aliphatic heterocycles. The summed E-state index contributed by atoms with van der Waals surface area (Å²) in [5.74, 6) is -0.181. The molecule has 3 atom stereocenters. The molecule has 6 nitrogen and oxygen atoms in total. The fourth-order valence-corrected chi connectivity index (χ4v) is 4.72. The summed E-state index contributed by atoms with van der Waals surface area (Å²) in [6.45, 7) is 4.93. The lowest BCUT2D eigenvalue weighted by atomic mass is 9.98. The van der Waals surface area contributed by atoms with E-state index in [-0.39, 0.29) is 36.5 Å². The summed E-state index contributed by atoms with van der Waals surface area (Å²) in [4.78, 5) is 18.9. The molecule has 0 spiro atoms. The first-order valence-corrected chi connectivity index (χ1v) is 13.2. The van der Waals surface area contributed by atoms with Gasteiger partial charge in [-0.05, 0) is 61.7 Å². The molecule has 13 heteroatoms. The van der Waals surface area contributed by atoms with Crippen molar-refractivity contribution in [2.24, 2.45) is 0 Å². The fourth-order valence-electron chi connectivity index (χ4n) is 4.72. The van der Waals surface area contributed by atoms with Crippen LogP contribution in [0.1, 0.15) is 67.3 Å². The normalized spacial score (nSPS) is 17.8. The maximum absolute atomic E-state index is 13.5. The Kier molecular flexibility index (Phi) is 9.09. The summed E-state index contributed by atoms with van der Waals surface area (Å²) in [6, 6.07) is 6.33. The van der Waals surface area contributed by atoms with Crippen LogP contribution in [0.15, 0.2) is 53.1 Å². The van der Waals surface area contributed by atoms with Crippen LogP contribution in [0.3, 0.4) is 0 Å². The smallest absolute Gasteiger partial charge is 0.368 e. The number of aryl methyl sites for hydroxylation is 1. The Labute approximate surface area is 237 Å². The zero-order chi connectivity index (χ0) is 30.8. The van der Waals surface area contributed by atoms with Gasteiger partial charge in [0.2, 0.25) is 5.91 Å². The molecule has 1 unspecified atom stereocenters. The van der Waals surface area contributed by atoms with Crippen LogP contribution in [0.4, 0.5) is 30.7 Å². The van der Waals surface area contributed by atoms with Crippen molar-refractivity contribution in [2.45, 2.75) is 70.6 Å². The van der Waals surface area contributed by atoms with Gasteiger partial charge in [0, 0.05) is 37.1 Å². The van der Waals surface area contributed by atoms with Gasteiger partial charge in [-0.25, -0.2) is 4.39 Å². The van der Waals surface area contributed by atoms with Gasteiger partial charge in [-0.15, -0.1) is 0 Å². The lowest BCUT2D eigenvalue weighted by molar-refractivity contribution is -0.143. The molecule has 4 rings (SSSR count). The minimum Gasteiger partial charge on any atom is -0.368 e. The Morgan fingerprint density at radius 2 is 1.67 bits per heavy atom. The SMILES string of the molecule is CCc1noc(C2=CC(=O)N(C[C@@H](Cc3ccc(F)cc3)O[C@H](C)c3cc(C(F)(F)F)cc(C(F)(F)F)c3)C(C)C2)n1. The van der Waals surface area contributed by atoms with Gasteiger partial charge in [-0.3, -0.25) is 4.79 Å². The highest BCUT2D eigenvalue weighted by Gasteiger charge is 2.38. The molecule has 1 aromatic heterocycles. The second-order valence-corrected chi connectivity index (χ2v) is 10.2. The second kappa shape index (κ2) is 12.2. The number of carbonyl (C=O) groups excluding carboxylic acids is 1. The van der Waals surface area contributed by atoms with E-state index in [0.717, 1.165) is 0 Å². The maximum atomic E-state index is 13.5. The minimum absolute atomic E-state index is 0.0410. The summed E-state index contributed by atoms with van der Waals surface area (Å²) >= 11 is 0. The van der Waals surface area contributed by atoms with E-state index in [9.17, 15) is 35.5 Å². The number of amides is 1. The summed E-state index contributed by atoms with van der Waals surface area (Å²) in [6.07, 6.45) is -9.75. The molecule has 0 radical (unpaired) electrons.